The predicted octanol–water partition coefficient (Wildman–Crippen LogP) is 1.58. The zero-order valence-electron chi connectivity index (χ0n) is 10.8. The van der Waals surface area contributed by atoms with Crippen molar-refractivity contribution in [2.75, 3.05) is 27.2 Å². The largest absolute Gasteiger partial charge is 0.366 e. The highest BCUT2D eigenvalue weighted by Crippen LogP contribution is 2.22. The van der Waals surface area contributed by atoms with E-state index in [0.29, 0.717) is 0 Å². The van der Waals surface area contributed by atoms with Crippen LogP contribution in [0.2, 0.25) is 0 Å². The maximum Gasteiger partial charge on any atom is 0.148 e. The number of rotatable bonds is 0. The van der Waals surface area contributed by atoms with E-state index < -0.39 is 0 Å². The molecular formula is C12H22N4. The average molecular weight is 222 g/mol. The quantitative estimate of drug-likeness (QED) is 0.623. The lowest BCUT2D eigenvalue weighted by atomic mass is 10.2. The number of hydrogen-bond donors (Lipinski definition) is 0. The first-order valence-corrected chi connectivity index (χ1v) is 6.08. The van der Waals surface area contributed by atoms with Crippen LogP contribution >= 0.6 is 0 Å². The Hall–Kier alpha value is -1.06. The fourth-order valence-corrected chi connectivity index (χ4v) is 2.29. The molecule has 0 saturated carbocycles. The molecule has 0 aliphatic carbocycles. The highest BCUT2D eigenvalue weighted by molar-refractivity contribution is 6.03. The van der Waals surface area contributed by atoms with Crippen LogP contribution in [0, 0.1) is 0 Å². The van der Waals surface area contributed by atoms with Crippen molar-refractivity contribution in [1.29, 1.82) is 0 Å². The maximum atomic E-state index is 4.76. The minimum absolute atomic E-state index is 0.296. The summed E-state index contributed by atoms with van der Waals surface area (Å²) in [5.41, 5.74) is -0.296. The molecule has 0 spiro atoms. The first kappa shape index (κ1) is 11.4. The molecule has 0 aromatic rings. The molecule has 1 fully saturated rings. The third kappa shape index (κ3) is 2.36. The molecule has 0 bridgehead atoms. The van der Waals surface area contributed by atoms with E-state index in [1.165, 1.54) is 18.7 Å². The van der Waals surface area contributed by atoms with Gasteiger partial charge in [-0.05, 0) is 26.7 Å². The summed E-state index contributed by atoms with van der Waals surface area (Å²) in [6.45, 7) is 6.47. The molecule has 16 heavy (non-hydrogen) atoms. The van der Waals surface area contributed by atoms with Crippen LogP contribution in [0.25, 0.3) is 0 Å². The molecule has 0 atom stereocenters. The molecular weight excluding hydrogens is 200 g/mol. The van der Waals surface area contributed by atoms with E-state index in [2.05, 4.69) is 42.7 Å². The van der Waals surface area contributed by atoms with Crippen molar-refractivity contribution >= 4 is 11.7 Å². The SMILES string of the molecule is CN(C)C1=NC(C)(C)N=C(N2CCCC2)C1. The Bertz CT molecular complexity index is 322. The van der Waals surface area contributed by atoms with E-state index >= 15 is 0 Å². The standard InChI is InChI=1S/C12H22N4/c1-12(2)13-10(15(3)4)9-11(14-12)16-7-5-6-8-16/h5-9H2,1-4H3. The molecule has 2 heterocycles. The van der Waals surface area contributed by atoms with Crippen LogP contribution in [0.15, 0.2) is 9.98 Å². The Morgan fingerprint density at radius 2 is 1.75 bits per heavy atom. The van der Waals surface area contributed by atoms with Gasteiger partial charge in [-0.3, -0.25) is 0 Å². The second-order valence-electron chi connectivity index (χ2n) is 5.32. The van der Waals surface area contributed by atoms with Crippen molar-refractivity contribution in [2.24, 2.45) is 9.98 Å². The van der Waals surface area contributed by atoms with Crippen LogP contribution in [-0.2, 0) is 0 Å². The van der Waals surface area contributed by atoms with E-state index in [1.807, 2.05) is 0 Å². The monoisotopic (exact) mass is 222 g/mol. The molecule has 2 aliphatic heterocycles. The van der Waals surface area contributed by atoms with Gasteiger partial charge in [-0.2, -0.15) is 0 Å². The topological polar surface area (TPSA) is 31.2 Å². The van der Waals surface area contributed by atoms with Gasteiger partial charge in [0.05, 0.1) is 6.42 Å². The molecule has 2 rings (SSSR count). The molecule has 0 aromatic heterocycles. The van der Waals surface area contributed by atoms with Crippen molar-refractivity contribution in [3.05, 3.63) is 0 Å². The van der Waals surface area contributed by atoms with Crippen LogP contribution in [0.1, 0.15) is 33.1 Å². The summed E-state index contributed by atoms with van der Waals surface area (Å²) >= 11 is 0. The Labute approximate surface area is 98.1 Å². The third-order valence-corrected chi connectivity index (χ3v) is 3.11. The molecule has 0 N–H and O–H groups in total. The summed E-state index contributed by atoms with van der Waals surface area (Å²) < 4.78 is 0. The first-order chi connectivity index (χ1) is 7.48. The van der Waals surface area contributed by atoms with Crippen LogP contribution < -0.4 is 0 Å². The van der Waals surface area contributed by atoms with Crippen molar-refractivity contribution < 1.29 is 0 Å². The highest BCUT2D eigenvalue weighted by Gasteiger charge is 2.28. The van der Waals surface area contributed by atoms with Gasteiger partial charge in [0.15, 0.2) is 0 Å². The molecule has 4 heteroatoms. The summed E-state index contributed by atoms with van der Waals surface area (Å²) in [5.74, 6) is 2.36. The van der Waals surface area contributed by atoms with Crippen molar-refractivity contribution in [3.8, 4) is 0 Å². The molecule has 1 saturated heterocycles. The number of likely N-dealkylation sites (tertiary alicyclic amines) is 1. The fourth-order valence-electron chi connectivity index (χ4n) is 2.29. The fraction of sp³-hybridized carbons (Fsp3) is 0.833. The van der Waals surface area contributed by atoms with Gasteiger partial charge < -0.3 is 9.80 Å². The number of hydrogen-bond acceptors (Lipinski definition) is 4. The Morgan fingerprint density at radius 3 is 2.31 bits per heavy atom. The molecule has 0 unspecified atom stereocenters. The molecule has 2 aliphatic rings. The maximum absolute atomic E-state index is 4.76. The predicted molar refractivity (Wildman–Crippen MR) is 68.1 cm³/mol. The number of aliphatic imine (C=N–C) groups is 2. The molecule has 0 amide bonds. The van der Waals surface area contributed by atoms with Crippen LogP contribution in [0.5, 0.6) is 0 Å². The van der Waals surface area contributed by atoms with Crippen LogP contribution in [0.4, 0.5) is 0 Å². The van der Waals surface area contributed by atoms with Gasteiger partial charge in [-0.1, -0.05) is 0 Å². The minimum atomic E-state index is -0.296. The number of nitrogens with zero attached hydrogens (tertiary/aromatic N) is 4. The highest BCUT2D eigenvalue weighted by atomic mass is 15.3. The van der Waals surface area contributed by atoms with Crippen molar-refractivity contribution in [2.45, 2.75) is 38.8 Å². The lowest BCUT2D eigenvalue weighted by molar-refractivity contribution is 0.457. The van der Waals surface area contributed by atoms with Gasteiger partial charge in [0, 0.05) is 27.2 Å². The molecule has 0 aromatic carbocycles. The third-order valence-electron chi connectivity index (χ3n) is 3.11. The average Bonchev–Trinajstić information content (AvgIpc) is 2.67. The lowest BCUT2D eigenvalue weighted by Gasteiger charge is -2.32. The summed E-state index contributed by atoms with van der Waals surface area (Å²) in [6.07, 6.45) is 3.48. The minimum Gasteiger partial charge on any atom is -0.366 e. The van der Waals surface area contributed by atoms with Crippen molar-refractivity contribution in [3.63, 3.8) is 0 Å². The van der Waals surface area contributed by atoms with E-state index in [9.17, 15) is 0 Å². The normalized spacial score (nSPS) is 24.1. The van der Waals surface area contributed by atoms with Gasteiger partial charge in [-0.15, -0.1) is 0 Å². The molecule has 0 radical (unpaired) electrons. The van der Waals surface area contributed by atoms with Crippen LogP contribution in [0.3, 0.4) is 0 Å². The summed E-state index contributed by atoms with van der Waals surface area (Å²) in [4.78, 5) is 13.9. The smallest absolute Gasteiger partial charge is 0.148 e. The van der Waals surface area contributed by atoms with Gasteiger partial charge in [0.25, 0.3) is 0 Å². The van der Waals surface area contributed by atoms with E-state index in [4.69, 9.17) is 4.99 Å². The summed E-state index contributed by atoms with van der Waals surface area (Å²) in [6, 6.07) is 0. The van der Waals surface area contributed by atoms with Crippen LogP contribution in [-0.4, -0.2) is 54.3 Å². The van der Waals surface area contributed by atoms with Gasteiger partial charge in [0.2, 0.25) is 0 Å². The molecule has 4 nitrogen and oxygen atoms in total. The summed E-state index contributed by atoms with van der Waals surface area (Å²) in [5, 5.41) is 0. The zero-order chi connectivity index (χ0) is 11.8. The van der Waals surface area contributed by atoms with Gasteiger partial charge in [0.1, 0.15) is 17.3 Å². The second kappa shape index (κ2) is 4.07. The zero-order valence-corrected chi connectivity index (χ0v) is 10.8. The van der Waals surface area contributed by atoms with E-state index in [0.717, 1.165) is 25.3 Å². The second-order valence-corrected chi connectivity index (χ2v) is 5.32. The summed E-state index contributed by atoms with van der Waals surface area (Å²) in [7, 11) is 4.11. The Balaban J connectivity index is 2.18. The Kier molecular flexibility index (Phi) is 2.91. The lowest BCUT2D eigenvalue weighted by Crippen LogP contribution is -2.40. The first-order valence-electron chi connectivity index (χ1n) is 6.08. The van der Waals surface area contributed by atoms with E-state index in [1.54, 1.807) is 0 Å². The van der Waals surface area contributed by atoms with Gasteiger partial charge in [-0.25, -0.2) is 9.98 Å². The van der Waals surface area contributed by atoms with Gasteiger partial charge >= 0.3 is 0 Å². The molecule has 90 valence electrons. The van der Waals surface area contributed by atoms with Crippen molar-refractivity contribution in [1.82, 2.24) is 9.80 Å². The Morgan fingerprint density at radius 1 is 1.12 bits per heavy atom. The number of amidine groups is 2. The van der Waals surface area contributed by atoms with E-state index in [-0.39, 0.29) is 5.66 Å².